The molecule has 7 nitrogen and oxygen atoms in total. The Hall–Kier alpha value is -3.48. The van der Waals surface area contributed by atoms with Gasteiger partial charge in [0.05, 0.1) is 28.5 Å². The number of carbonyl (C=O) groups is 1. The lowest BCUT2D eigenvalue weighted by atomic mass is 10.0. The third-order valence-electron chi connectivity index (χ3n) is 4.23. The van der Waals surface area contributed by atoms with Gasteiger partial charge in [-0.2, -0.15) is 5.10 Å². The molecular weight excluding hydrogens is 346 g/mol. The molecule has 0 aliphatic heterocycles. The SMILES string of the molecule is CCOC(=O)c1c(-c2ccccc2[N+](=O)[O-])nn(-c2ccc(C)cc2)c1C. The normalized spacial score (nSPS) is 10.6. The maximum absolute atomic E-state index is 12.6. The minimum atomic E-state index is -0.554. The zero-order chi connectivity index (χ0) is 19.6. The lowest BCUT2D eigenvalue weighted by Gasteiger charge is -2.06. The van der Waals surface area contributed by atoms with E-state index in [-0.39, 0.29) is 29.1 Å². The van der Waals surface area contributed by atoms with Crippen molar-refractivity contribution >= 4 is 11.7 Å². The maximum Gasteiger partial charge on any atom is 0.342 e. The van der Waals surface area contributed by atoms with Crippen LogP contribution in [0.5, 0.6) is 0 Å². The molecule has 0 atom stereocenters. The van der Waals surface area contributed by atoms with Crippen LogP contribution >= 0.6 is 0 Å². The van der Waals surface area contributed by atoms with Crippen LogP contribution in [0.4, 0.5) is 5.69 Å². The second kappa shape index (κ2) is 7.41. The Bertz CT molecular complexity index is 1010. The van der Waals surface area contributed by atoms with Crippen molar-refractivity contribution in [2.75, 3.05) is 6.61 Å². The van der Waals surface area contributed by atoms with Gasteiger partial charge >= 0.3 is 5.97 Å². The number of ether oxygens (including phenoxy) is 1. The second-order valence-electron chi connectivity index (χ2n) is 6.05. The first-order valence-corrected chi connectivity index (χ1v) is 8.51. The van der Waals surface area contributed by atoms with E-state index in [4.69, 9.17) is 4.74 Å². The van der Waals surface area contributed by atoms with Gasteiger partial charge in [-0.05, 0) is 39.0 Å². The Morgan fingerprint density at radius 2 is 1.81 bits per heavy atom. The van der Waals surface area contributed by atoms with E-state index in [2.05, 4.69) is 5.10 Å². The van der Waals surface area contributed by atoms with E-state index >= 15 is 0 Å². The molecule has 7 heteroatoms. The van der Waals surface area contributed by atoms with Crippen molar-refractivity contribution in [3.63, 3.8) is 0 Å². The number of carbonyl (C=O) groups excluding carboxylic acids is 1. The van der Waals surface area contributed by atoms with Gasteiger partial charge in [0.25, 0.3) is 5.69 Å². The molecule has 0 bridgehead atoms. The van der Waals surface area contributed by atoms with E-state index < -0.39 is 10.9 Å². The molecule has 0 aliphatic carbocycles. The molecule has 0 spiro atoms. The number of para-hydroxylation sites is 1. The number of aryl methyl sites for hydroxylation is 1. The number of hydrogen-bond donors (Lipinski definition) is 0. The number of hydrogen-bond acceptors (Lipinski definition) is 5. The monoisotopic (exact) mass is 365 g/mol. The highest BCUT2D eigenvalue weighted by Crippen LogP contribution is 2.34. The van der Waals surface area contributed by atoms with Crippen molar-refractivity contribution in [2.45, 2.75) is 20.8 Å². The topological polar surface area (TPSA) is 87.3 Å². The number of esters is 1. The number of nitrogens with zero attached hydrogens (tertiary/aromatic N) is 3. The van der Waals surface area contributed by atoms with Gasteiger partial charge in [0.2, 0.25) is 0 Å². The van der Waals surface area contributed by atoms with Crippen LogP contribution in [0.2, 0.25) is 0 Å². The molecule has 0 amide bonds. The zero-order valence-electron chi connectivity index (χ0n) is 15.3. The fraction of sp³-hybridized carbons (Fsp3) is 0.200. The molecular formula is C20H19N3O4. The van der Waals surface area contributed by atoms with Crippen molar-refractivity contribution in [1.82, 2.24) is 9.78 Å². The molecule has 138 valence electrons. The van der Waals surface area contributed by atoms with Gasteiger partial charge in [-0.15, -0.1) is 0 Å². The highest BCUT2D eigenvalue weighted by molar-refractivity contribution is 5.98. The molecule has 0 radical (unpaired) electrons. The Morgan fingerprint density at radius 3 is 2.44 bits per heavy atom. The van der Waals surface area contributed by atoms with Crippen LogP contribution in [0.1, 0.15) is 28.5 Å². The van der Waals surface area contributed by atoms with E-state index in [0.717, 1.165) is 11.3 Å². The Morgan fingerprint density at radius 1 is 1.15 bits per heavy atom. The standard InChI is InChI=1S/C20H19N3O4/c1-4-27-20(24)18-14(3)22(15-11-9-13(2)10-12-15)21-19(18)16-7-5-6-8-17(16)23(25)26/h5-12H,4H2,1-3H3. The Kier molecular flexibility index (Phi) is 5.03. The van der Waals surface area contributed by atoms with Crippen molar-refractivity contribution < 1.29 is 14.5 Å². The number of rotatable bonds is 5. The number of nitro groups is 1. The Balaban J connectivity index is 2.27. The van der Waals surface area contributed by atoms with Crippen LogP contribution in [0, 0.1) is 24.0 Å². The quantitative estimate of drug-likeness (QED) is 0.383. The minimum Gasteiger partial charge on any atom is -0.462 e. The van der Waals surface area contributed by atoms with Gasteiger partial charge in [-0.3, -0.25) is 10.1 Å². The molecule has 0 saturated carbocycles. The smallest absolute Gasteiger partial charge is 0.342 e. The largest absolute Gasteiger partial charge is 0.462 e. The summed E-state index contributed by atoms with van der Waals surface area (Å²) in [6.45, 7) is 5.63. The molecule has 0 N–H and O–H groups in total. The highest BCUT2D eigenvalue weighted by atomic mass is 16.6. The van der Waals surface area contributed by atoms with Gasteiger partial charge in [0.15, 0.2) is 0 Å². The van der Waals surface area contributed by atoms with E-state index in [1.165, 1.54) is 6.07 Å². The average molecular weight is 365 g/mol. The summed E-state index contributed by atoms with van der Waals surface area (Å²) < 4.78 is 6.79. The molecule has 3 rings (SSSR count). The number of nitro benzene ring substituents is 1. The van der Waals surface area contributed by atoms with Crippen LogP contribution in [0.25, 0.3) is 16.9 Å². The first kappa shape index (κ1) is 18.3. The molecule has 1 aromatic heterocycles. The van der Waals surface area contributed by atoms with Crippen LogP contribution < -0.4 is 0 Å². The molecule has 3 aromatic rings. The molecule has 0 fully saturated rings. The van der Waals surface area contributed by atoms with Crippen molar-refractivity contribution in [2.24, 2.45) is 0 Å². The van der Waals surface area contributed by atoms with E-state index in [9.17, 15) is 14.9 Å². The predicted octanol–water partition coefficient (Wildman–Crippen LogP) is 4.24. The molecule has 2 aromatic carbocycles. The first-order chi connectivity index (χ1) is 12.9. The molecule has 0 saturated heterocycles. The van der Waals surface area contributed by atoms with E-state index in [1.54, 1.807) is 36.7 Å². The van der Waals surface area contributed by atoms with Crippen molar-refractivity contribution in [3.8, 4) is 16.9 Å². The van der Waals surface area contributed by atoms with Crippen LogP contribution in [-0.2, 0) is 4.74 Å². The zero-order valence-corrected chi connectivity index (χ0v) is 15.3. The summed E-state index contributed by atoms with van der Waals surface area (Å²) >= 11 is 0. The van der Waals surface area contributed by atoms with E-state index in [1.807, 2.05) is 31.2 Å². The van der Waals surface area contributed by atoms with Crippen molar-refractivity contribution in [3.05, 3.63) is 75.5 Å². The summed E-state index contributed by atoms with van der Waals surface area (Å²) in [6, 6.07) is 13.9. The summed E-state index contributed by atoms with van der Waals surface area (Å²) in [5.74, 6) is -0.554. The fourth-order valence-electron chi connectivity index (χ4n) is 2.91. The predicted molar refractivity (Wildman–Crippen MR) is 101 cm³/mol. The van der Waals surface area contributed by atoms with Crippen LogP contribution in [0.15, 0.2) is 48.5 Å². The highest BCUT2D eigenvalue weighted by Gasteiger charge is 2.28. The summed E-state index contributed by atoms with van der Waals surface area (Å²) in [6.07, 6.45) is 0. The third-order valence-corrected chi connectivity index (χ3v) is 4.23. The summed E-state index contributed by atoms with van der Waals surface area (Å²) in [5.41, 5.74) is 3.04. The molecule has 0 unspecified atom stereocenters. The number of benzene rings is 2. The fourth-order valence-corrected chi connectivity index (χ4v) is 2.91. The van der Waals surface area contributed by atoms with Crippen LogP contribution in [0.3, 0.4) is 0 Å². The van der Waals surface area contributed by atoms with E-state index in [0.29, 0.717) is 5.69 Å². The first-order valence-electron chi connectivity index (χ1n) is 8.51. The second-order valence-corrected chi connectivity index (χ2v) is 6.05. The minimum absolute atomic E-state index is 0.114. The van der Waals surface area contributed by atoms with Gasteiger partial charge in [0.1, 0.15) is 11.3 Å². The molecule has 0 aliphatic rings. The van der Waals surface area contributed by atoms with Gasteiger partial charge in [-0.25, -0.2) is 9.48 Å². The molecule has 27 heavy (non-hydrogen) atoms. The lowest BCUT2D eigenvalue weighted by Crippen LogP contribution is -2.08. The summed E-state index contributed by atoms with van der Waals surface area (Å²) in [4.78, 5) is 23.6. The van der Waals surface area contributed by atoms with Crippen LogP contribution in [-0.4, -0.2) is 27.3 Å². The molecule has 1 heterocycles. The average Bonchev–Trinajstić information content (AvgIpc) is 2.99. The summed E-state index contributed by atoms with van der Waals surface area (Å²) in [5, 5.41) is 16.0. The van der Waals surface area contributed by atoms with Crippen molar-refractivity contribution in [1.29, 1.82) is 0 Å². The maximum atomic E-state index is 12.6. The van der Waals surface area contributed by atoms with Gasteiger partial charge in [-0.1, -0.05) is 29.8 Å². The van der Waals surface area contributed by atoms with Gasteiger partial charge < -0.3 is 4.74 Å². The lowest BCUT2D eigenvalue weighted by molar-refractivity contribution is -0.384. The van der Waals surface area contributed by atoms with Gasteiger partial charge in [0, 0.05) is 6.07 Å². The summed E-state index contributed by atoms with van der Waals surface area (Å²) in [7, 11) is 0. The third kappa shape index (κ3) is 3.44. The number of aromatic nitrogens is 2. The Labute approximate surface area is 156 Å².